The van der Waals surface area contributed by atoms with Gasteiger partial charge in [-0.25, -0.2) is 0 Å². The van der Waals surface area contributed by atoms with E-state index >= 15 is 0 Å². The molecule has 0 spiro atoms. The first kappa shape index (κ1) is 10.0. The van der Waals surface area contributed by atoms with E-state index in [9.17, 15) is 0 Å². The van der Waals surface area contributed by atoms with E-state index in [4.69, 9.17) is 5.26 Å². The van der Waals surface area contributed by atoms with Crippen LogP contribution in [0.4, 0.5) is 5.82 Å². The van der Waals surface area contributed by atoms with Crippen LogP contribution in [0.25, 0.3) is 0 Å². The second kappa shape index (κ2) is 3.93. The van der Waals surface area contributed by atoms with Gasteiger partial charge < -0.3 is 4.90 Å². The average molecular weight is 204 g/mol. The Morgan fingerprint density at radius 1 is 1.27 bits per heavy atom. The summed E-state index contributed by atoms with van der Waals surface area (Å²) in [5, 5.41) is 13.4. The van der Waals surface area contributed by atoms with Crippen molar-refractivity contribution in [3.05, 3.63) is 11.3 Å². The van der Waals surface area contributed by atoms with Crippen LogP contribution in [-0.4, -0.2) is 22.9 Å². The monoisotopic (exact) mass is 204 g/mol. The number of rotatable bonds is 1. The topological polar surface area (TPSA) is 44.9 Å². The first-order valence-corrected chi connectivity index (χ1v) is 5.42. The molecule has 0 aliphatic carbocycles. The van der Waals surface area contributed by atoms with Crippen molar-refractivity contribution in [2.45, 2.75) is 26.2 Å². The number of hydrogen-bond acceptors (Lipinski definition) is 3. The fourth-order valence-corrected chi connectivity index (χ4v) is 2.25. The van der Waals surface area contributed by atoms with Crippen LogP contribution in [0.3, 0.4) is 0 Å². The lowest BCUT2D eigenvalue weighted by Gasteiger charge is -2.28. The smallest absolute Gasteiger partial charge is 0.144 e. The van der Waals surface area contributed by atoms with E-state index in [0.29, 0.717) is 0 Å². The van der Waals surface area contributed by atoms with Crippen LogP contribution in [0.1, 0.15) is 30.5 Å². The molecule has 0 aromatic carbocycles. The van der Waals surface area contributed by atoms with Crippen molar-refractivity contribution >= 4 is 5.82 Å². The summed E-state index contributed by atoms with van der Waals surface area (Å²) >= 11 is 0. The standard InChI is InChI=1S/C11H16N4/c1-9-10(8-12)11(14(2)13-9)15-6-4-3-5-7-15/h3-7H2,1-2H3. The average Bonchev–Trinajstić information content (AvgIpc) is 2.54. The largest absolute Gasteiger partial charge is 0.356 e. The fraction of sp³-hybridized carbons (Fsp3) is 0.636. The molecule has 1 aliphatic rings. The molecule has 2 rings (SSSR count). The van der Waals surface area contributed by atoms with E-state index in [1.807, 2.05) is 18.7 Å². The Hall–Kier alpha value is -1.50. The maximum atomic E-state index is 9.11. The number of hydrogen-bond donors (Lipinski definition) is 0. The maximum Gasteiger partial charge on any atom is 0.144 e. The molecular formula is C11H16N4. The van der Waals surface area contributed by atoms with E-state index in [1.54, 1.807) is 0 Å². The van der Waals surface area contributed by atoms with Crippen LogP contribution in [-0.2, 0) is 7.05 Å². The molecule has 0 bridgehead atoms. The summed E-state index contributed by atoms with van der Waals surface area (Å²) in [6.45, 7) is 3.99. The molecule has 0 unspecified atom stereocenters. The molecule has 0 saturated carbocycles. The molecule has 1 aromatic heterocycles. The second-order valence-electron chi connectivity index (χ2n) is 4.07. The van der Waals surface area contributed by atoms with Crippen molar-refractivity contribution in [2.24, 2.45) is 7.05 Å². The van der Waals surface area contributed by atoms with E-state index in [0.717, 1.165) is 30.2 Å². The van der Waals surface area contributed by atoms with Crippen molar-refractivity contribution in [1.82, 2.24) is 9.78 Å². The molecule has 0 radical (unpaired) electrons. The molecule has 0 atom stereocenters. The van der Waals surface area contributed by atoms with Gasteiger partial charge in [0, 0.05) is 20.1 Å². The number of nitrogens with zero attached hydrogens (tertiary/aromatic N) is 4. The quantitative estimate of drug-likeness (QED) is 0.697. The lowest BCUT2D eigenvalue weighted by atomic mass is 10.1. The Labute approximate surface area is 90.1 Å². The van der Waals surface area contributed by atoms with Gasteiger partial charge in [0.1, 0.15) is 17.5 Å². The lowest BCUT2D eigenvalue weighted by molar-refractivity contribution is 0.561. The molecule has 1 aliphatic heterocycles. The number of aryl methyl sites for hydroxylation is 2. The SMILES string of the molecule is Cc1nn(C)c(N2CCCCC2)c1C#N. The Morgan fingerprint density at radius 2 is 1.93 bits per heavy atom. The zero-order chi connectivity index (χ0) is 10.8. The number of aromatic nitrogens is 2. The van der Waals surface area contributed by atoms with Crippen LogP contribution >= 0.6 is 0 Å². The van der Waals surface area contributed by atoms with Crippen LogP contribution in [0.5, 0.6) is 0 Å². The molecule has 4 nitrogen and oxygen atoms in total. The van der Waals surface area contributed by atoms with Gasteiger partial charge in [-0.3, -0.25) is 4.68 Å². The summed E-state index contributed by atoms with van der Waals surface area (Å²) in [6.07, 6.45) is 3.74. The molecule has 4 heteroatoms. The van der Waals surface area contributed by atoms with E-state index < -0.39 is 0 Å². The predicted octanol–water partition coefficient (Wildman–Crippen LogP) is 1.59. The van der Waals surface area contributed by atoms with Gasteiger partial charge in [0.2, 0.25) is 0 Å². The van der Waals surface area contributed by atoms with Gasteiger partial charge in [0.25, 0.3) is 0 Å². The summed E-state index contributed by atoms with van der Waals surface area (Å²) in [5.41, 5.74) is 1.57. The van der Waals surface area contributed by atoms with Crippen LogP contribution in [0, 0.1) is 18.3 Å². The maximum absolute atomic E-state index is 9.11. The van der Waals surface area contributed by atoms with Crippen LogP contribution in [0.2, 0.25) is 0 Å². The van der Waals surface area contributed by atoms with Crippen LogP contribution < -0.4 is 4.90 Å². The van der Waals surface area contributed by atoms with Gasteiger partial charge in [-0.15, -0.1) is 0 Å². The third-order valence-corrected chi connectivity index (χ3v) is 2.96. The van der Waals surface area contributed by atoms with Crippen LogP contribution in [0.15, 0.2) is 0 Å². The second-order valence-corrected chi connectivity index (χ2v) is 4.07. The summed E-state index contributed by atoms with van der Waals surface area (Å²) in [4.78, 5) is 2.28. The van der Waals surface area contributed by atoms with E-state index in [1.165, 1.54) is 19.3 Å². The third kappa shape index (κ3) is 1.70. The zero-order valence-corrected chi connectivity index (χ0v) is 9.32. The minimum atomic E-state index is 0.736. The Kier molecular flexibility index (Phi) is 2.63. The van der Waals surface area contributed by atoms with Gasteiger partial charge >= 0.3 is 0 Å². The molecule has 15 heavy (non-hydrogen) atoms. The first-order chi connectivity index (χ1) is 7.24. The Morgan fingerprint density at radius 3 is 2.53 bits per heavy atom. The number of nitriles is 1. The minimum absolute atomic E-state index is 0.736. The molecule has 1 fully saturated rings. The molecule has 80 valence electrons. The highest BCUT2D eigenvalue weighted by atomic mass is 15.4. The number of piperidine rings is 1. The van der Waals surface area contributed by atoms with Crippen molar-refractivity contribution < 1.29 is 0 Å². The van der Waals surface area contributed by atoms with Gasteiger partial charge in [-0.1, -0.05) is 0 Å². The van der Waals surface area contributed by atoms with Crippen molar-refractivity contribution in [3.63, 3.8) is 0 Å². The molecule has 1 aromatic rings. The van der Waals surface area contributed by atoms with E-state index in [-0.39, 0.29) is 0 Å². The van der Waals surface area contributed by atoms with Gasteiger partial charge in [0.05, 0.1) is 5.69 Å². The normalized spacial score (nSPS) is 16.5. The predicted molar refractivity (Wildman–Crippen MR) is 58.7 cm³/mol. The summed E-state index contributed by atoms with van der Waals surface area (Å²) < 4.78 is 1.83. The zero-order valence-electron chi connectivity index (χ0n) is 9.32. The Bertz CT molecular complexity index is 393. The van der Waals surface area contributed by atoms with Crippen molar-refractivity contribution in [1.29, 1.82) is 5.26 Å². The molecule has 2 heterocycles. The summed E-state index contributed by atoms with van der Waals surface area (Å²) in [6, 6.07) is 2.26. The Balaban J connectivity index is 2.37. The van der Waals surface area contributed by atoms with Gasteiger partial charge in [-0.05, 0) is 26.2 Å². The summed E-state index contributed by atoms with van der Waals surface area (Å²) in [5.74, 6) is 0.995. The molecular weight excluding hydrogens is 188 g/mol. The molecule has 1 saturated heterocycles. The summed E-state index contributed by atoms with van der Waals surface area (Å²) in [7, 11) is 1.91. The highest BCUT2D eigenvalue weighted by Gasteiger charge is 2.20. The fourth-order valence-electron chi connectivity index (χ4n) is 2.25. The highest BCUT2D eigenvalue weighted by molar-refractivity contribution is 5.57. The van der Waals surface area contributed by atoms with Gasteiger partial charge in [-0.2, -0.15) is 10.4 Å². The molecule has 0 N–H and O–H groups in total. The lowest BCUT2D eigenvalue weighted by Crippen LogP contribution is -2.31. The van der Waals surface area contributed by atoms with Gasteiger partial charge in [0.15, 0.2) is 0 Å². The molecule has 0 amide bonds. The first-order valence-electron chi connectivity index (χ1n) is 5.42. The van der Waals surface area contributed by atoms with E-state index in [2.05, 4.69) is 16.1 Å². The highest BCUT2D eigenvalue weighted by Crippen LogP contribution is 2.25. The third-order valence-electron chi connectivity index (χ3n) is 2.96. The van der Waals surface area contributed by atoms with Crippen molar-refractivity contribution in [3.8, 4) is 6.07 Å². The van der Waals surface area contributed by atoms with Crippen molar-refractivity contribution in [2.75, 3.05) is 18.0 Å². The minimum Gasteiger partial charge on any atom is -0.356 e. The number of anilines is 1.